The van der Waals surface area contributed by atoms with E-state index in [9.17, 15) is 5.11 Å². The smallest absolute Gasteiger partial charge is 0.198 e. The molecule has 4 nitrogen and oxygen atoms in total. The zero-order chi connectivity index (χ0) is 15.7. The molecule has 0 aliphatic carbocycles. The van der Waals surface area contributed by atoms with Gasteiger partial charge in [-0.2, -0.15) is 0 Å². The molecular weight excluding hydrogens is 300 g/mol. The molecule has 2 aromatic carbocycles. The van der Waals surface area contributed by atoms with E-state index in [1.54, 1.807) is 19.4 Å². The van der Waals surface area contributed by atoms with Gasteiger partial charge in [0.2, 0.25) is 0 Å². The number of aromatic amines is 1. The zero-order valence-corrected chi connectivity index (χ0v) is 13.0. The van der Waals surface area contributed by atoms with Crippen LogP contribution in [0.1, 0.15) is 11.1 Å². The van der Waals surface area contributed by atoms with Gasteiger partial charge in [-0.15, -0.1) is 0 Å². The van der Waals surface area contributed by atoms with Gasteiger partial charge >= 0.3 is 0 Å². The number of ether oxygens (including phenoxy) is 1. The van der Waals surface area contributed by atoms with Gasteiger partial charge in [0.25, 0.3) is 0 Å². The second-order valence-electron chi connectivity index (χ2n) is 4.99. The minimum Gasteiger partial charge on any atom is -0.497 e. The molecule has 0 spiro atoms. The summed E-state index contributed by atoms with van der Waals surface area (Å²) >= 11 is 5.94. The van der Waals surface area contributed by atoms with Crippen molar-refractivity contribution in [3.8, 4) is 11.6 Å². The molecule has 0 radical (unpaired) electrons. The number of aromatic hydroxyl groups is 1. The molecule has 0 unspecified atom stereocenters. The highest BCUT2D eigenvalue weighted by Gasteiger charge is 2.10. The lowest BCUT2D eigenvalue weighted by Crippen LogP contribution is -1.84. The minimum absolute atomic E-state index is 0.0821. The number of aliphatic imine (C=N–C) groups is 1. The molecule has 1 aromatic heterocycles. The topological polar surface area (TPSA) is 57.6 Å². The van der Waals surface area contributed by atoms with Crippen molar-refractivity contribution in [2.75, 3.05) is 7.11 Å². The molecule has 22 heavy (non-hydrogen) atoms. The van der Waals surface area contributed by atoms with Crippen LogP contribution in [-0.2, 0) is 0 Å². The Kier molecular flexibility index (Phi) is 3.77. The summed E-state index contributed by atoms with van der Waals surface area (Å²) in [6.07, 6.45) is 1.64. The summed E-state index contributed by atoms with van der Waals surface area (Å²) in [5, 5.41) is 11.6. The van der Waals surface area contributed by atoms with E-state index < -0.39 is 0 Å². The fourth-order valence-electron chi connectivity index (χ4n) is 2.33. The Morgan fingerprint density at radius 3 is 2.77 bits per heavy atom. The van der Waals surface area contributed by atoms with E-state index in [1.807, 2.05) is 37.3 Å². The summed E-state index contributed by atoms with van der Waals surface area (Å²) in [7, 11) is 1.61. The van der Waals surface area contributed by atoms with Gasteiger partial charge in [0, 0.05) is 22.1 Å². The molecule has 3 rings (SSSR count). The summed E-state index contributed by atoms with van der Waals surface area (Å²) in [6.45, 7) is 1.94. The largest absolute Gasteiger partial charge is 0.497 e. The maximum absolute atomic E-state index is 10.1. The highest BCUT2D eigenvalue weighted by atomic mass is 35.5. The molecule has 0 saturated carbocycles. The maximum Gasteiger partial charge on any atom is 0.198 e. The van der Waals surface area contributed by atoms with Crippen LogP contribution in [0.15, 0.2) is 41.4 Å². The highest BCUT2D eigenvalue weighted by Crippen LogP contribution is 2.30. The third kappa shape index (κ3) is 2.65. The predicted molar refractivity (Wildman–Crippen MR) is 90.0 cm³/mol. The van der Waals surface area contributed by atoms with E-state index in [0.717, 1.165) is 27.9 Å². The first-order valence-corrected chi connectivity index (χ1v) is 7.15. The van der Waals surface area contributed by atoms with Crippen molar-refractivity contribution in [3.05, 3.63) is 52.5 Å². The number of halogens is 1. The molecule has 1 heterocycles. The second kappa shape index (κ2) is 5.73. The van der Waals surface area contributed by atoms with E-state index in [4.69, 9.17) is 16.3 Å². The van der Waals surface area contributed by atoms with E-state index in [0.29, 0.717) is 10.6 Å². The molecular formula is C17H15ClN2O2. The number of rotatable bonds is 3. The highest BCUT2D eigenvalue weighted by molar-refractivity contribution is 6.30. The van der Waals surface area contributed by atoms with Crippen molar-refractivity contribution in [2.24, 2.45) is 4.99 Å². The molecule has 3 aromatic rings. The molecule has 0 saturated heterocycles. The van der Waals surface area contributed by atoms with Gasteiger partial charge < -0.3 is 14.8 Å². The van der Waals surface area contributed by atoms with Crippen LogP contribution in [0.3, 0.4) is 0 Å². The van der Waals surface area contributed by atoms with Crippen molar-refractivity contribution >= 4 is 34.4 Å². The first kappa shape index (κ1) is 14.5. The summed E-state index contributed by atoms with van der Waals surface area (Å²) in [5.41, 5.74) is 3.23. The fourth-order valence-corrected chi connectivity index (χ4v) is 2.56. The van der Waals surface area contributed by atoms with Crippen molar-refractivity contribution in [3.63, 3.8) is 0 Å². The van der Waals surface area contributed by atoms with Crippen LogP contribution in [0.4, 0.5) is 5.69 Å². The molecule has 0 aliphatic heterocycles. The Hall–Kier alpha value is -2.46. The van der Waals surface area contributed by atoms with E-state index in [2.05, 4.69) is 9.98 Å². The number of aryl methyl sites for hydroxylation is 1. The molecule has 0 aliphatic rings. The van der Waals surface area contributed by atoms with Gasteiger partial charge in [0.05, 0.1) is 18.4 Å². The van der Waals surface area contributed by atoms with Crippen LogP contribution in [-0.4, -0.2) is 23.4 Å². The van der Waals surface area contributed by atoms with Crippen LogP contribution in [0.2, 0.25) is 5.02 Å². The second-order valence-corrected chi connectivity index (χ2v) is 5.42. The average molecular weight is 315 g/mol. The van der Waals surface area contributed by atoms with E-state index >= 15 is 0 Å². The van der Waals surface area contributed by atoms with Crippen LogP contribution >= 0.6 is 11.6 Å². The molecule has 5 heteroatoms. The number of aromatic nitrogens is 1. The monoisotopic (exact) mass is 314 g/mol. The van der Waals surface area contributed by atoms with Crippen LogP contribution in [0.5, 0.6) is 11.6 Å². The summed E-state index contributed by atoms with van der Waals surface area (Å²) in [5.74, 6) is 0.808. The third-order valence-electron chi connectivity index (χ3n) is 3.52. The molecule has 0 atom stereocenters. The Balaban J connectivity index is 2.06. The minimum atomic E-state index is 0.0821. The number of H-pyrrole nitrogens is 1. The molecule has 112 valence electrons. The normalized spacial score (nSPS) is 11.4. The van der Waals surface area contributed by atoms with Crippen LogP contribution < -0.4 is 4.74 Å². The number of nitrogens with zero attached hydrogens (tertiary/aromatic N) is 1. The number of hydrogen-bond donors (Lipinski definition) is 2. The standard InChI is InChI=1S/C17H15ClN2O2/c1-10-7-11(18)3-5-15(10)19-9-14-13-8-12(22-2)4-6-16(13)20-17(14)21/h3-9,20-21H,1-2H3. The SMILES string of the molecule is COc1ccc2[nH]c(O)c(C=Nc3ccc(Cl)cc3C)c2c1. The van der Waals surface area contributed by atoms with E-state index in [-0.39, 0.29) is 5.88 Å². The maximum atomic E-state index is 10.1. The van der Waals surface area contributed by atoms with Crippen LogP contribution in [0.25, 0.3) is 10.9 Å². The van der Waals surface area contributed by atoms with E-state index in [1.165, 1.54) is 0 Å². The van der Waals surface area contributed by atoms with Crippen molar-refractivity contribution in [2.45, 2.75) is 6.92 Å². The Morgan fingerprint density at radius 1 is 1.23 bits per heavy atom. The van der Waals surface area contributed by atoms with Gasteiger partial charge in [-0.1, -0.05) is 11.6 Å². The fraction of sp³-hybridized carbons (Fsp3) is 0.118. The molecule has 0 fully saturated rings. The lowest BCUT2D eigenvalue weighted by molar-refractivity contribution is 0.415. The summed E-state index contributed by atoms with van der Waals surface area (Å²) in [4.78, 5) is 7.38. The summed E-state index contributed by atoms with van der Waals surface area (Å²) in [6, 6.07) is 11.1. The van der Waals surface area contributed by atoms with Gasteiger partial charge in [0.15, 0.2) is 5.88 Å². The number of nitrogens with one attached hydrogen (secondary N) is 1. The predicted octanol–water partition coefficient (Wildman–Crippen LogP) is 4.59. The lowest BCUT2D eigenvalue weighted by Gasteiger charge is -2.01. The van der Waals surface area contributed by atoms with Gasteiger partial charge in [-0.05, 0) is 48.9 Å². The zero-order valence-electron chi connectivity index (χ0n) is 12.2. The molecule has 2 N–H and O–H groups in total. The number of methoxy groups -OCH3 is 1. The first-order chi connectivity index (χ1) is 10.6. The number of fused-ring (bicyclic) bond motifs is 1. The van der Waals surface area contributed by atoms with Crippen LogP contribution in [0, 0.1) is 6.92 Å². The number of hydrogen-bond acceptors (Lipinski definition) is 3. The summed E-state index contributed by atoms with van der Waals surface area (Å²) < 4.78 is 5.23. The first-order valence-electron chi connectivity index (χ1n) is 6.77. The average Bonchev–Trinajstić information content (AvgIpc) is 2.81. The van der Waals surface area contributed by atoms with Gasteiger partial charge in [-0.3, -0.25) is 4.99 Å². The Morgan fingerprint density at radius 2 is 2.05 bits per heavy atom. The van der Waals surface area contributed by atoms with Crippen molar-refractivity contribution in [1.82, 2.24) is 4.98 Å². The third-order valence-corrected chi connectivity index (χ3v) is 3.75. The lowest BCUT2D eigenvalue weighted by atomic mass is 10.1. The Bertz CT molecular complexity index is 868. The van der Waals surface area contributed by atoms with Gasteiger partial charge in [-0.25, -0.2) is 0 Å². The Labute approximate surface area is 133 Å². The number of benzene rings is 2. The molecule has 0 amide bonds. The van der Waals surface area contributed by atoms with Crippen molar-refractivity contribution in [1.29, 1.82) is 0 Å². The quantitative estimate of drug-likeness (QED) is 0.694. The van der Waals surface area contributed by atoms with Gasteiger partial charge in [0.1, 0.15) is 5.75 Å². The molecule has 0 bridgehead atoms. The van der Waals surface area contributed by atoms with Crippen molar-refractivity contribution < 1.29 is 9.84 Å².